The minimum Gasteiger partial charge on any atom is -0.350 e. The quantitative estimate of drug-likeness (QED) is 0.636. The molecule has 0 rings (SSSR count). The van der Waals surface area contributed by atoms with E-state index in [1.807, 2.05) is 20.8 Å². The highest BCUT2D eigenvalue weighted by Crippen LogP contribution is 1.99. The predicted molar refractivity (Wildman–Crippen MR) is 64.0 cm³/mol. The predicted octanol–water partition coefficient (Wildman–Crippen LogP) is 0.0137. The Morgan fingerprint density at radius 3 is 1.88 bits per heavy atom. The van der Waals surface area contributed by atoms with Crippen molar-refractivity contribution in [2.75, 3.05) is 7.05 Å². The molecule has 0 radical (unpaired) electrons. The molecule has 0 aliphatic rings. The van der Waals surface area contributed by atoms with Gasteiger partial charge in [0.2, 0.25) is 11.8 Å². The van der Waals surface area contributed by atoms with Crippen LogP contribution in [-0.4, -0.2) is 36.5 Å². The van der Waals surface area contributed by atoms with Gasteiger partial charge >= 0.3 is 0 Å². The van der Waals surface area contributed by atoms with E-state index in [2.05, 4.69) is 16.0 Å². The number of amides is 2. The molecule has 0 aromatic carbocycles. The number of hydrogen-bond donors (Lipinski definition) is 3. The van der Waals surface area contributed by atoms with Crippen molar-refractivity contribution in [3.05, 3.63) is 0 Å². The number of nitrogens with one attached hydrogen (secondary N) is 3. The fraction of sp³-hybridized carbons (Fsp3) is 0.818. The Morgan fingerprint density at radius 1 is 1.00 bits per heavy atom. The van der Waals surface area contributed by atoms with Gasteiger partial charge < -0.3 is 16.0 Å². The van der Waals surface area contributed by atoms with Gasteiger partial charge in [-0.15, -0.1) is 0 Å². The first kappa shape index (κ1) is 14.9. The van der Waals surface area contributed by atoms with Crippen LogP contribution < -0.4 is 16.0 Å². The van der Waals surface area contributed by atoms with E-state index >= 15 is 0 Å². The first-order valence-electron chi connectivity index (χ1n) is 5.47. The molecule has 94 valence electrons. The highest BCUT2D eigenvalue weighted by molar-refractivity contribution is 5.89. The molecule has 5 heteroatoms. The van der Waals surface area contributed by atoms with Gasteiger partial charge in [0.25, 0.3) is 0 Å². The van der Waals surface area contributed by atoms with Gasteiger partial charge in [-0.25, -0.2) is 0 Å². The molecular formula is C11H23N3O2. The van der Waals surface area contributed by atoms with E-state index in [0.717, 1.165) is 0 Å². The molecule has 2 atom stereocenters. The van der Waals surface area contributed by atoms with Crippen molar-refractivity contribution in [1.29, 1.82) is 0 Å². The Hall–Kier alpha value is -1.10. The van der Waals surface area contributed by atoms with Crippen LogP contribution in [0.15, 0.2) is 0 Å². The molecule has 0 aliphatic heterocycles. The zero-order valence-electron chi connectivity index (χ0n) is 11.0. The summed E-state index contributed by atoms with van der Waals surface area (Å²) in [6.07, 6.45) is 0. The van der Waals surface area contributed by atoms with Crippen LogP contribution in [0.5, 0.6) is 0 Å². The molecular weight excluding hydrogens is 206 g/mol. The van der Waals surface area contributed by atoms with E-state index in [1.54, 1.807) is 20.9 Å². The molecule has 0 aliphatic carbocycles. The van der Waals surface area contributed by atoms with Crippen LogP contribution in [0.3, 0.4) is 0 Å². The summed E-state index contributed by atoms with van der Waals surface area (Å²) in [5, 5.41) is 8.26. The minimum atomic E-state index is -0.525. The van der Waals surface area contributed by atoms with Crippen LogP contribution in [0.25, 0.3) is 0 Å². The highest BCUT2D eigenvalue weighted by atomic mass is 16.2. The van der Waals surface area contributed by atoms with Crippen LogP contribution in [0.1, 0.15) is 34.6 Å². The van der Waals surface area contributed by atoms with Gasteiger partial charge in [0, 0.05) is 5.54 Å². The normalized spacial score (nSPS) is 15.1. The maximum Gasteiger partial charge on any atom is 0.242 e. The summed E-state index contributed by atoms with van der Waals surface area (Å²) in [4.78, 5) is 23.2. The molecule has 0 saturated carbocycles. The third-order valence-corrected chi connectivity index (χ3v) is 2.08. The largest absolute Gasteiger partial charge is 0.350 e. The molecule has 0 heterocycles. The maximum absolute atomic E-state index is 11.7. The van der Waals surface area contributed by atoms with Crippen LogP contribution in [0, 0.1) is 0 Å². The summed E-state index contributed by atoms with van der Waals surface area (Å²) in [5.74, 6) is -0.358. The fourth-order valence-electron chi connectivity index (χ4n) is 1.01. The van der Waals surface area contributed by atoms with Gasteiger partial charge in [-0.05, 0) is 41.7 Å². The van der Waals surface area contributed by atoms with Crippen molar-refractivity contribution in [3.8, 4) is 0 Å². The van der Waals surface area contributed by atoms with Gasteiger partial charge in [-0.2, -0.15) is 0 Å². The van der Waals surface area contributed by atoms with Gasteiger partial charge in [-0.1, -0.05) is 0 Å². The average Bonchev–Trinajstić information content (AvgIpc) is 2.13. The van der Waals surface area contributed by atoms with Gasteiger partial charge in [-0.3, -0.25) is 9.59 Å². The maximum atomic E-state index is 11.7. The Balaban J connectivity index is 4.21. The minimum absolute atomic E-state index is 0.177. The molecule has 2 amide bonds. The summed E-state index contributed by atoms with van der Waals surface area (Å²) in [6, 6.07) is -0.826. The summed E-state index contributed by atoms with van der Waals surface area (Å²) in [7, 11) is 1.70. The second-order valence-corrected chi connectivity index (χ2v) is 4.98. The Kier molecular flexibility index (Phi) is 5.44. The number of carbonyl (C=O) groups excluding carboxylic acids is 2. The number of hydrogen-bond acceptors (Lipinski definition) is 3. The molecule has 0 saturated heterocycles. The second kappa shape index (κ2) is 5.84. The van der Waals surface area contributed by atoms with Gasteiger partial charge in [0.1, 0.15) is 6.04 Å². The third-order valence-electron chi connectivity index (χ3n) is 2.08. The van der Waals surface area contributed by atoms with E-state index in [9.17, 15) is 9.59 Å². The van der Waals surface area contributed by atoms with E-state index in [-0.39, 0.29) is 23.4 Å². The Labute approximate surface area is 97.4 Å². The molecule has 3 N–H and O–H groups in total. The van der Waals surface area contributed by atoms with E-state index in [1.165, 1.54) is 0 Å². The van der Waals surface area contributed by atoms with Crippen molar-refractivity contribution < 1.29 is 9.59 Å². The molecule has 0 bridgehead atoms. The number of carbonyl (C=O) groups is 2. The second-order valence-electron chi connectivity index (χ2n) is 4.98. The third kappa shape index (κ3) is 5.70. The summed E-state index contributed by atoms with van der Waals surface area (Å²) in [5.41, 5.74) is -0.287. The van der Waals surface area contributed by atoms with Crippen molar-refractivity contribution in [3.63, 3.8) is 0 Å². The molecule has 5 nitrogen and oxygen atoms in total. The van der Waals surface area contributed by atoms with Crippen LogP contribution >= 0.6 is 0 Å². The lowest BCUT2D eigenvalue weighted by Crippen LogP contribution is -2.53. The van der Waals surface area contributed by atoms with Crippen molar-refractivity contribution in [2.45, 2.75) is 52.2 Å². The Bertz CT molecular complexity index is 258. The topological polar surface area (TPSA) is 70.2 Å². The lowest BCUT2D eigenvalue weighted by molar-refractivity contribution is -0.130. The molecule has 16 heavy (non-hydrogen) atoms. The number of rotatable bonds is 4. The van der Waals surface area contributed by atoms with Gasteiger partial charge in [0.05, 0.1) is 6.04 Å². The molecule has 0 aromatic heterocycles. The van der Waals surface area contributed by atoms with Crippen molar-refractivity contribution >= 4 is 11.8 Å². The zero-order valence-corrected chi connectivity index (χ0v) is 11.0. The molecule has 2 unspecified atom stereocenters. The first-order chi connectivity index (χ1) is 7.17. The van der Waals surface area contributed by atoms with Gasteiger partial charge in [0.15, 0.2) is 0 Å². The van der Waals surface area contributed by atoms with E-state index in [4.69, 9.17) is 0 Å². The monoisotopic (exact) mass is 229 g/mol. The summed E-state index contributed by atoms with van der Waals surface area (Å²) in [6.45, 7) is 9.10. The van der Waals surface area contributed by atoms with Crippen molar-refractivity contribution in [2.24, 2.45) is 0 Å². The van der Waals surface area contributed by atoms with Crippen LogP contribution in [0.2, 0.25) is 0 Å². The summed E-state index contributed by atoms with van der Waals surface area (Å²) < 4.78 is 0. The van der Waals surface area contributed by atoms with Crippen LogP contribution in [0.4, 0.5) is 0 Å². The molecule has 0 spiro atoms. The fourth-order valence-corrected chi connectivity index (χ4v) is 1.01. The van der Waals surface area contributed by atoms with E-state index < -0.39 is 6.04 Å². The average molecular weight is 229 g/mol. The lowest BCUT2D eigenvalue weighted by Gasteiger charge is -2.24. The summed E-state index contributed by atoms with van der Waals surface area (Å²) >= 11 is 0. The zero-order chi connectivity index (χ0) is 12.9. The highest BCUT2D eigenvalue weighted by Gasteiger charge is 2.21. The first-order valence-corrected chi connectivity index (χ1v) is 5.47. The lowest BCUT2D eigenvalue weighted by atomic mass is 10.1. The molecule has 0 fully saturated rings. The standard InChI is InChI=1S/C11H23N3O2/c1-7(12-6)9(15)13-8(2)10(16)14-11(3,4)5/h7-8,12H,1-6H3,(H,13,15)(H,14,16). The molecule has 0 aromatic rings. The Morgan fingerprint density at radius 2 is 1.50 bits per heavy atom. The smallest absolute Gasteiger partial charge is 0.242 e. The van der Waals surface area contributed by atoms with E-state index in [0.29, 0.717) is 0 Å². The number of likely N-dealkylation sites (N-methyl/N-ethyl adjacent to an activating group) is 1. The van der Waals surface area contributed by atoms with Crippen molar-refractivity contribution in [1.82, 2.24) is 16.0 Å². The SMILES string of the molecule is CNC(C)C(=O)NC(C)C(=O)NC(C)(C)C. The van der Waals surface area contributed by atoms with Crippen LogP contribution in [-0.2, 0) is 9.59 Å².